The molecule has 0 aliphatic rings. The predicted molar refractivity (Wildman–Crippen MR) is 123 cm³/mol. The van der Waals surface area contributed by atoms with E-state index in [4.69, 9.17) is 9.39 Å². The number of esters is 1. The summed E-state index contributed by atoms with van der Waals surface area (Å²) in [5, 5.41) is 13.0. The number of ether oxygens (including phenoxy) is 1. The molecule has 6 nitrogen and oxygen atoms in total. The summed E-state index contributed by atoms with van der Waals surface area (Å²) in [5.41, 5.74) is -0.287. The number of benzene rings is 2. The molecule has 0 aliphatic carbocycles. The number of carbonyl (C=O) groups is 2. The van der Waals surface area contributed by atoms with Crippen molar-refractivity contribution in [2.45, 2.75) is 65.3 Å². The van der Waals surface area contributed by atoms with Crippen LogP contribution in [0.2, 0.25) is 0 Å². The predicted octanol–water partition coefficient (Wildman–Crippen LogP) is 3.70. The number of carbonyl (C=O) groups excluding carboxylic acids is 2. The van der Waals surface area contributed by atoms with E-state index in [1.54, 1.807) is 70.2 Å². The lowest BCUT2D eigenvalue weighted by Gasteiger charge is -2.37. The van der Waals surface area contributed by atoms with Gasteiger partial charge in [-0.2, -0.15) is 0 Å². The van der Waals surface area contributed by atoms with Crippen LogP contribution in [-0.2, 0) is 9.39 Å². The van der Waals surface area contributed by atoms with Gasteiger partial charge in [0.2, 0.25) is 0 Å². The second-order valence-corrected chi connectivity index (χ2v) is 9.46. The molecular weight excluding hydrogens is 393 g/mol. The molecule has 31 heavy (non-hydrogen) atoms. The fraction of sp³-hybridized carbons (Fsp3) is 0.417. The van der Waals surface area contributed by atoms with Crippen molar-refractivity contribution < 1.29 is 24.1 Å². The number of aliphatic hydroxyl groups is 1. The summed E-state index contributed by atoms with van der Waals surface area (Å²) in [7, 11) is 1.53. The van der Waals surface area contributed by atoms with Crippen LogP contribution in [0.5, 0.6) is 0 Å². The van der Waals surface area contributed by atoms with Gasteiger partial charge in [-0.05, 0) is 78.8 Å². The minimum absolute atomic E-state index is 0.290. The summed E-state index contributed by atoms with van der Waals surface area (Å²) in [6.45, 7) is 12.4. The molecule has 0 atom stereocenters. The normalized spacial score (nSPS) is 12.3. The minimum Gasteiger partial charge on any atom is -0.456 e. The third-order valence-electron chi connectivity index (χ3n) is 4.89. The Hall–Kier alpha value is -2.64. The van der Waals surface area contributed by atoms with Crippen LogP contribution in [-0.4, -0.2) is 41.3 Å². The Balaban J connectivity index is 2.03. The summed E-state index contributed by atoms with van der Waals surface area (Å²) in [5.74, 6) is -0.704. The fourth-order valence-corrected chi connectivity index (χ4v) is 2.34. The van der Waals surface area contributed by atoms with E-state index >= 15 is 0 Å². The lowest BCUT2D eigenvalue weighted by molar-refractivity contribution is -0.0893. The van der Waals surface area contributed by atoms with Gasteiger partial charge in [-0.1, -0.05) is 23.7 Å². The molecule has 0 saturated carbocycles. The Morgan fingerprint density at radius 2 is 1.52 bits per heavy atom. The number of rotatable bonds is 7. The maximum atomic E-state index is 12.6. The highest BCUT2D eigenvalue weighted by atomic mass is 16.6. The van der Waals surface area contributed by atoms with Gasteiger partial charge >= 0.3 is 13.5 Å². The zero-order valence-corrected chi connectivity index (χ0v) is 19.3. The molecule has 0 spiro atoms. The van der Waals surface area contributed by atoms with Crippen molar-refractivity contribution in [2.24, 2.45) is 0 Å². The molecule has 0 saturated heterocycles. The first-order valence-corrected chi connectivity index (χ1v) is 10.2. The van der Waals surface area contributed by atoms with Crippen LogP contribution in [0.15, 0.2) is 48.5 Å². The van der Waals surface area contributed by atoms with E-state index in [0.29, 0.717) is 22.3 Å². The van der Waals surface area contributed by atoms with Gasteiger partial charge in [0, 0.05) is 11.3 Å². The second kappa shape index (κ2) is 9.24. The Bertz CT molecular complexity index is 924. The fourth-order valence-electron chi connectivity index (χ4n) is 2.34. The highest BCUT2D eigenvalue weighted by Crippen LogP contribution is 2.24. The third kappa shape index (κ3) is 7.22. The third-order valence-corrected chi connectivity index (χ3v) is 4.89. The van der Waals surface area contributed by atoms with Crippen molar-refractivity contribution in [3.8, 4) is 0 Å². The van der Waals surface area contributed by atoms with Crippen molar-refractivity contribution in [3.05, 3.63) is 59.7 Å². The molecule has 165 valence electrons. The average Bonchev–Trinajstić information content (AvgIpc) is 2.65. The van der Waals surface area contributed by atoms with Crippen LogP contribution in [0.4, 0.5) is 5.69 Å². The number of amides is 1. The monoisotopic (exact) mass is 424 g/mol. The highest BCUT2D eigenvalue weighted by Gasteiger charge is 2.35. The molecule has 1 radical (unpaired) electrons. The standard InChI is InChI=1S/C24H31BNO5/c1-22(2,3)30-21(28)16-11-13-19(14-12-16)26-20(27)17-9-8-10-18(15-17)25-31-24(6,7)23(4,5)29/h8-15,29H,1-7H3,(H,26,27). The molecule has 0 aromatic heterocycles. The van der Waals surface area contributed by atoms with Crippen LogP contribution < -0.4 is 10.8 Å². The summed E-state index contributed by atoms with van der Waals surface area (Å²) in [6.07, 6.45) is 0. The van der Waals surface area contributed by atoms with Gasteiger partial charge in [-0.3, -0.25) is 4.79 Å². The van der Waals surface area contributed by atoms with Crippen LogP contribution in [0, 0.1) is 0 Å². The largest absolute Gasteiger partial charge is 0.456 e. The van der Waals surface area contributed by atoms with Gasteiger partial charge in [0.15, 0.2) is 0 Å². The highest BCUT2D eigenvalue weighted by molar-refractivity contribution is 6.47. The van der Waals surface area contributed by atoms with Crippen molar-refractivity contribution in [2.75, 3.05) is 5.32 Å². The van der Waals surface area contributed by atoms with Gasteiger partial charge in [-0.15, -0.1) is 0 Å². The maximum Gasteiger partial charge on any atom is 0.338 e. The molecule has 7 heteroatoms. The first-order valence-electron chi connectivity index (χ1n) is 10.2. The lowest BCUT2D eigenvalue weighted by Crippen LogP contribution is -2.49. The van der Waals surface area contributed by atoms with Gasteiger partial charge in [0.25, 0.3) is 5.91 Å². The van der Waals surface area contributed by atoms with Crippen molar-refractivity contribution in [1.82, 2.24) is 0 Å². The van der Waals surface area contributed by atoms with E-state index in [-0.39, 0.29) is 5.91 Å². The molecule has 0 heterocycles. The maximum absolute atomic E-state index is 12.6. The van der Waals surface area contributed by atoms with Crippen molar-refractivity contribution in [1.29, 1.82) is 0 Å². The Kier molecular flexibility index (Phi) is 7.34. The van der Waals surface area contributed by atoms with Gasteiger partial charge in [-0.25, -0.2) is 4.79 Å². The molecular formula is C24H31BNO5. The van der Waals surface area contributed by atoms with E-state index in [1.807, 2.05) is 26.8 Å². The van der Waals surface area contributed by atoms with Gasteiger partial charge in [0.1, 0.15) is 5.60 Å². The van der Waals surface area contributed by atoms with E-state index in [1.165, 1.54) is 7.48 Å². The van der Waals surface area contributed by atoms with E-state index < -0.39 is 22.8 Å². The number of hydrogen-bond acceptors (Lipinski definition) is 5. The van der Waals surface area contributed by atoms with E-state index in [2.05, 4.69) is 5.32 Å². The van der Waals surface area contributed by atoms with Gasteiger partial charge in [0.05, 0.1) is 16.8 Å². The van der Waals surface area contributed by atoms with Crippen LogP contribution in [0.25, 0.3) is 0 Å². The molecule has 0 bridgehead atoms. The summed E-state index contributed by atoms with van der Waals surface area (Å²) in [4.78, 5) is 24.7. The van der Waals surface area contributed by atoms with Crippen LogP contribution >= 0.6 is 0 Å². The van der Waals surface area contributed by atoms with Crippen molar-refractivity contribution in [3.63, 3.8) is 0 Å². The molecule has 2 rings (SSSR count). The molecule has 2 N–H and O–H groups in total. The first kappa shape index (κ1) is 24.6. The topological polar surface area (TPSA) is 84.9 Å². The van der Waals surface area contributed by atoms with Crippen molar-refractivity contribution >= 4 is 30.5 Å². The number of anilines is 1. The van der Waals surface area contributed by atoms with Crippen LogP contribution in [0.1, 0.15) is 69.2 Å². The molecule has 1 amide bonds. The van der Waals surface area contributed by atoms with Gasteiger partial charge < -0.3 is 19.8 Å². The Morgan fingerprint density at radius 1 is 0.903 bits per heavy atom. The average molecular weight is 424 g/mol. The Morgan fingerprint density at radius 3 is 2.06 bits per heavy atom. The molecule has 0 unspecified atom stereocenters. The smallest absolute Gasteiger partial charge is 0.338 e. The lowest BCUT2D eigenvalue weighted by atomic mass is 9.82. The number of nitrogens with one attached hydrogen (secondary N) is 1. The Labute approximate surface area is 185 Å². The number of hydrogen-bond donors (Lipinski definition) is 2. The second-order valence-electron chi connectivity index (χ2n) is 9.46. The van der Waals surface area contributed by atoms with Crippen LogP contribution in [0.3, 0.4) is 0 Å². The van der Waals surface area contributed by atoms with E-state index in [9.17, 15) is 14.7 Å². The first-order chi connectivity index (χ1) is 14.2. The molecule has 0 fully saturated rings. The summed E-state index contributed by atoms with van der Waals surface area (Å²) in [6, 6.07) is 13.5. The van der Waals surface area contributed by atoms with E-state index in [0.717, 1.165) is 0 Å². The zero-order valence-electron chi connectivity index (χ0n) is 19.3. The molecule has 0 aliphatic heterocycles. The SMILES string of the molecule is CC(C)(C)OC(=O)c1ccc(NC(=O)c2cccc([B]OC(C)(C)C(C)(C)O)c2)cc1. The molecule has 2 aromatic carbocycles. The summed E-state index contributed by atoms with van der Waals surface area (Å²) < 4.78 is 11.1. The minimum atomic E-state index is -1.04. The molecule has 2 aromatic rings. The summed E-state index contributed by atoms with van der Waals surface area (Å²) >= 11 is 0. The quantitative estimate of drug-likeness (QED) is 0.523. The zero-order chi connectivity index (χ0) is 23.4.